The van der Waals surface area contributed by atoms with E-state index in [1.54, 1.807) is 6.07 Å². The fourth-order valence-electron chi connectivity index (χ4n) is 2.48. The molecule has 2 N–H and O–H groups in total. The fraction of sp³-hybridized carbons (Fsp3) is 0.688. The van der Waals surface area contributed by atoms with Crippen LogP contribution in [0.15, 0.2) is 12.1 Å². The van der Waals surface area contributed by atoms with Gasteiger partial charge in [-0.3, -0.25) is 0 Å². The van der Waals surface area contributed by atoms with E-state index in [0.717, 1.165) is 6.42 Å². The van der Waals surface area contributed by atoms with E-state index in [-0.39, 0.29) is 11.7 Å². The second-order valence-corrected chi connectivity index (χ2v) is 6.68. The molecule has 0 aliphatic heterocycles. The molecule has 4 heteroatoms. The van der Waals surface area contributed by atoms with Crippen LogP contribution < -0.4 is 15.2 Å². The van der Waals surface area contributed by atoms with E-state index in [1.807, 2.05) is 26.8 Å². The van der Waals surface area contributed by atoms with Gasteiger partial charge in [-0.1, -0.05) is 13.3 Å². The van der Waals surface area contributed by atoms with Crippen molar-refractivity contribution in [1.82, 2.24) is 4.98 Å². The van der Waals surface area contributed by atoms with E-state index in [9.17, 15) is 0 Å². The van der Waals surface area contributed by atoms with Crippen molar-refractivity contribution >= 4 is 5.69 Å². The Morgan fingerprint density at radius 2 is 1.90 bits per heavy atom. The van der Waals surface area contributed by atoms with Crippen molar-refractivity contribution in [2.75, 3.05) is 5.73 Å². The number of pyridine rings is 1. The molecule has 1 aliphatic rings. The summed E-state index contributed by atoms with van der Waals surface area (Å²) in [6, 6.07) is 3.63. The Balaban J connectivity index is 2.10. The van der Waals surface area contributed by atoms with Crippen molar-refractivity contribution in [1.29, 1.82) is 0 Å². The lowest BCUT2D eigenvalue weighted by Gasteiger charge is -2.29. The summed E-state index contributed by atoms with van der Waals surface area (Å²) in [7, 11) is 0. The van der Waals surface area contributed by atoms with Crippen LogP contribution in [0, 0.1) is 5.92 Å². The molecule has 4 nitrogen and oxygen atoms in total. The molecule has 0 saturated heterocycles. The van der Waals surface area contributed by atoms with Crippen LogP contribution in [0.4, 0.5) is 5.69 Å². The molecule has 2 rings (SSSR count). The van der Waals surface area contributed by atoms with Gasteiger partial charge in [0.25, 0.3) is 0 Å². The molecule has 1 aromatic heterocycles. The number of rotatable bonds is 3. The highest BCUT2D eigenvalue weighted by molar-refractivity contribution is 5.49. The van der Waals surface area contributed by atoms with E-state index in [0.29, 0.717) is 23.4 Å². The van der Waals surface area contributed by atoms with Gasteiger partial charge in [0.15, 0.2) is 0 Å². The predicted molar refractivity (Wildman–Crippen MR) is 81.1 cm³/mol. The largest absolute Gasteiger partial charge is 0.474 e. The molecule has 1 saturated carbocycles. The number of hydrogen-bond acceptors (Lipinski definition) is 4. The first-order chi connectivity index (χ1) is 9.35. The molecule has 1 heterocycles. The van der Waals surface area contributed by atoms with Crippen molar-refractivity contribution in [3.05, 3.63) is 12.1 Å². The summed E-state index contributed by atoms with van der Waals surface area (Å²) in [5.41, 5.74) is 6.14. The van der Waals surface area contributed by atoms with Crippen LogP contribution in [0.3, 0.4) is 0 Å². The number of aromatic nitrogens is 1. The minimum Gasteiger partial charge on any atom is -0.474 e. The maximum atomic E-state index is 6.03. The molecular weight excluding hydrogens is 252 g/mol. The average molecular weight is 278 g/mol. The van der Waals surface area contributed by atoms with E-state index >= 15 is 0 Å². The Morgan fingerprint density at radius 1 is 1.20 bits per heavy atom. The first kappa shape index (κ1) is 14.9. The van der Waals surface area contributed by atoms with Crippen molar-refractivity contribution in [3.8, 4) is 11.8 Å². The van der Waals surface area contributed by atoms with Gasteiger partial charge in [-0.15, -0.1) is 0 Å². The summed E-state index contributed by atoms with van der Waals surface area (Å²) in [5.74, 6) is 1.64. The third kappa shape index (κ3) is 4.02. The van der Waals surface area contributed by atoms with E-state index in [2.05, 4.69) is 11.9 Å². The number of nitrogens with zero attached hydrogens (tertiary/aromatic N) is 1. The van der Waals surface area contributed by atoms with Crippen LogP contribution >= 0.6 is 0 Å². The molecule has 0 amide bonds. The molecule has 0 bridgehead atoms. The Bertz CT molecular complexity index is 454. The zero-order chi connectivity index (χ0) is 14.8. The molecule has 1 aliphatic carbocycles. The Hall–Kier alpha value is -1.45. The van der Waals surface area contributed by atoms with Gasteiger partial charge >= 0.3 is 0 Å². The summed E-state index contributed by atoms with van der Waals surface area (Å²) < 4.78 is 11.8. The Labute approximate surface area is 121 Å². The lowest BCUT2D eigenvalue weighted by molar-refractivity contribution is 0.0920. The molecule has 112 valence electrons. The summed E-state index contributed by atoms with van der Waals surface area (Å²) in [6.45, 7) is 8.17. The highest BCUT2D eigenvalue weighted by atomic mass is 16.5. The standard InChI is InChI=1S/C16H26N2O2/c1-11-7-5-6-8-13(11)19-14-10-9-12(17)15(18-14)20-16(2,3)4/h9-11,13H,5-8,17H2,1-4H3. The van der Waals surface area contributed by atoms with Crippen LogP contribution in [0.1, 0.15) is 53.4 Å². The van der Waals surface area contributed by atoms with Gasteiger partial charge in [0.05, 0.1) is 5.69 Å². The smallest absolute Gasteiger partial charge is 0.241 e. The highest BCUT2D eigenvalue weighted by Gasteiger charge is 2.24. The van der Waals surface area contributed by atoms with Gasteiger partial charge in [-0.2, -0.15) is 4.98 Å². The van der Waals surface area contributed by atoms with E-state index in [4.69, 9.17) is 15.2 Å². The van der Waals surface area contributed by atoms with Crippen LogP contribution in [0.25, 0.3) is 0 Å². The maximum Gasteiger partial charge on any atom is 0.241 e. The van der Waals surface area contributed by atoms with E-state index < -0.39 is 0 Å². The minimum atomic E-state index is -0.322. The highest BCUT2D eigenvalue weighted by Crippen LogP contribution is 2.30. The number of nitrogen functional groups attached to an aromatic ring is 1. The molecule has 20 heavy (non-hydrogen) atoms. The number of ether oxygens (including phenoxy) is 2. The van der Waals surface area contributed by atoms with Gasteiger partial charge in [-0.25, -0.2) is 0 Å². The molecule has 2 atom stereocenters. The van der Waals surface area contributed by atoms with Gasteiger partial charge in [0.2, 0.25) is 11.8 Å². The third-order valence-electron chi connectivity index (χ3n) is 3.57. The lowest BCUT2D eigenvalue weighted by atomic mass is 9.88. The Morgan fingerprint density at radius 3 is 2.55 bits per heavy atom. The third-order valence-corrected chi connectivity index (χ3v) is 3.57. The molecule has 0 aromatic carbocycles. The lowest BCUT2D eigenvalue weighted by Crippen LogP contribution is -2.29. The summed E-state index contributed by atoms with van der Waals surface area (Å²) in [5, 5.41) is 0. The normalized spacial score (nSPS) is 23.4. The molecule has 0 spiro atoms. The summed E-state index contributed by atoms with van der Waals surface area (Å²) in [6.07, 6.45) is 5.11. The summed E-state index contributed by atoms with van der Waals surface area (Å²) in [4.78, 5) is 4.42. The van der Waals surface area contributed by atoms with Crippen molar-refractivity contribution in [2.24, 2.45) is 5.92 Å². The first-order valence-electron chi connectivity index (χ1n) is 7.47. The molecular formula is C16H26N2O2. The average Bonchev–Trinajstić information content (AvgIpc) is 2.34. The molecule has 2 unspecified atom stereocenters. The second-order valence-electron chi connectivity index (χ2n) is 6.68. The predicted octanol–water partition coefficient (Wildman–Crippen LogP) is 3.80. The second kappa shape index (κ2) is 5.90. The molecule has 1 aromatic rings. The van der Waals surface area contributed by atoms with Crippen molar-refractivity contribution < 1.29 is 9.47 Å². The quantitative estimate of drug-likeness (QED) is 0.913. The molecule has 1 fully saturated rings. The van der Waals surface area contributed by atoms with Crippen LogP contribution in [-0.2, 0) is 0 Å². The fourth-order valence-corrected chi connectivity index (χ4v) is 2.48. The van der Waals surface area contributed by atoms with Crippen molar-refractivity contribution in [2.45, 2.75) is 65.1 Å². The number of anilines is 1. The number of hydrogen-bond donors (Lipinski definition) is 1. The molecule has 0 radical (unpaired) electrons. The maximum absolute atomic E-state index is 6.03. The SMILES string of the molecule is CC1CCCCC1Oc1ccc(N)c(OC(C)(C)C)n1. The van der Waals surface area contributed by atoms with Crippen LogP contribution in [-0.4, -0.2) is 16.7 Å². The van der Waals surface area contributed by atoms with Gasteiger partial charge in [0.1, 0.15) is 11.7 Å². The topological polar surface area (TPSA) is 57.4 Å². The monoisotopic (exact) mass is 278 g/mol. The van der Waals surface area contributed by atoms with Crippen molar-refractivity contribution in [3.63, 3.8) is 0 Å². The summed E-state index contributed by atoms with van der Waals surface area (Å²) >= 11 is 0. The Kier molecular flexibility index (Phi) is 4.41. The zero-order valence-corrected chi connectivity index (χ0v) is 13.0. The van der Waals surface area contributed by atoms with Gasteiger partial charge in [-0.05, 0) is 52.0 Å². The number of nitrogens with two attached hydrogens (primary N) is 1. The zero-order valence-electron chi connectivity index (χ0n) is 13.0. The first-order valence-corrected chi connectivity index (χ1v) is 7.47. The van der Waals surface area contributed by atoms with Gasteiger partial charge in [0, 0.05) is 6.07 Å². The van der Waals surface area contributed by atoms with E-state index in [1.165, 1.54) is 19.3 Å². The van der Waals surface area contributed by atoms with Crippen LogP contribution in [0.2, 0.25) is 0 Å². The van der Waals surface area contributed by atoms with Gasteiger partial charge < -0.3 is 15.2 Å². The van der Waals surface area contributed by atoms with Crippen LogP contribution in [0.5, 0.6) is 11.8 Å². The minimum absolute atomic E-state index is 0.252.